The van der Waals surface area contributed by atoms with Crippen LogP contribution in [-0.4, -0.2) is 4.98 Å². The summed E-state index contributed by atoms with van der Waals surface area (Å²) in [4.78, 5) is 4.96. The molecule has 0 aliphatic heterocycles. The second-order valence-electron chi connectivity index (χ2n) is 4.49. The van der Waals surface area contributed by atoms with Gasteiger partial charge in [-0.05, 0) is 30.3 Å². The first-order valence-corrected chi connectivity index (χ1v) is 7.38. The van der Waals surface area contributed by atoms with Crippen molar-refractivity contribution >= 4 is 17.4 Å². The minimum Gasteiger partial charge on any atom is -0.444 e. The zero-order valence-electron chi connectivity index (χ0n) is 11.1. The molecule has 0 fully saturated rings. The molecule has 0 atom stereocenters. The van der Waals surface area contributed by atoms with Gasteiger partial charge in [0.15, 0.2) is 0 Å². The first-order chi connectivity index (χ1) is 10.2. The summed E-state index contributed by atoms with van der Waals surface area (Å²) in [7, 11) is 0. The van der Waals surface area contributed by atoms with Crippen LogP contribution in [0.2, 0.25) is 0 Å². The summed E-state index contributed by atoms with van der Waals surface area (Å²) in [5.41, 5.74) is 7.64. The van der Waals surface area contributed by atoms with E-state index in [9.17, 15) is 4.39 Å². The number of nitrogens with two attached hydrogens (primary N) is 1. The molecule has 0 bridgehead atoms. The Morgan fingerprint density at radius 1 is 1.14 bits per heavy atom. The highest BCUT2D eigenvalue weighted by molar-refractivity contribution is 7.98. The highest BCUT2D eigenvalue weighted by Gasteiger charge is 2.08. The molecule has 0 amide bonds. The normalized spacial score (nSPS) is 10.7. The number of oxazole rings is 1. The highest BCUT2D eigenvalue weighted by atomic mass is 32.2. The average Bonchev–Trinajstić information content (AvgIpc) is 2.96. The van der Waals surface area contributed by atoms with Crippen LogP contribution >= 0.6 is 11.8 Å². The molecule has 5 heteroatoms. The van der Waals surface area contributed by atoms with E-state index in [1.807, 2.05) is 30.3 Å². The molecule has 3 nitrogen and oxygen atoms in total. The van der Waals surface area contributed by atoms with Gasteiger partial charge in [0.2, 0.25) is 5.89 Å². The number of rotatable bonds is 4. The summed E-state index contributed by atoms with van der Waals surface area (Å²) in [6.45, 7) is 0. The van der Waals surface area contributed by atoms with Crippen molar-refractivity contribution in [2.24, 2.45) is 0 Å². The lowest BCUT2D eigenvalue weighted by molar-refractivity contribution is 0.573. The number of benzene rings is 2. The van der Waals surface area contributed by atoms with Gasteiger partial charge in [-0.2, -0.15) is 0 Å². The first kappa shape index (κ1) is 13.7. The zero-order valence-corrected chi connectivity index (χ0v) is 11.9. The number of anilines is 1. The molecule has 2 aromatic carbocycles. The van der Waals surface area contributed by atoms with Gasteiger partial charge in [-0.15, -0.1) is 11.8 Å². The molecular formula is C16H13FN2OS. The van der Waals surface area contributed by atoms with E-state index in [0.29, 0.717) is 22.2 Å². The second-order valence-corrected chi connectivity index (χ2v) is 5.51. The van der Waals surface area contributed by atoms with E-state index in [2.05, 4.69) is 4.98 Å². The van der Waals surface area contributed by atoms with Crippen LogP contribution in [-0.2, 0) is 5.75 Å². The van der Waals surface area contributed by atoms with Gasteiger partial charge in [-0.3, -0.25) is 0 Å². The van der Waals surface area contributed by atoms with Gasteiger partial charge in [-0.1, -0.05) is 18.2 Å². The van der Waals surface area contributed by atoms with Crippen LogP contribution in [0.25, 0.3) is 11.5 Å². The smallest absolute Gasteiger partial charge is 0.226 e. The molecule has 3 rings (SSSR count). The Balaban J connectivity index is 1.70. The molecule has 0 saturated carbocycles. The Hall–Kier alpha value is -2.27. The Morgan fingerprint density at radius 2 is 1.95 bits per heavy atom. The van der Waals surface area contributed by atoms with Crippen molar-refractivity contribution in [3.05, 3.63) is 66.3 Å². The summed E-state index contributed by atoms with van der Waals surface area (Å²) in [6.07, 6.45) is 1.60. The summed E-state index contributed by atoms with van der Waals surface area (Å²) in [5, 5.41) is 0. The maximum absolute atomic E-state index is 13.7. The summed E-state index contributed by atoms with van der Waals surface area (Å²) in [6, 6.07) is 14.3. The van der Waals surface area contributed by atoms with Gasteiger partial charge in [0.25, 0.3) is 0 Å². The number of halogens is 1. The number of nitrogen functional groups attached to an aromatic ring is 1. The third-order valence-electron chi connectivity index (χ3n) is 2.90. The van der Waals surface area contributed by atoms with Crippen LogP contribution in [0.4, 0.5) is 10.1 Å². The van der Waals surface area contributed by atoms with E-state index in [1.165, 1.54) is 17.8 Å². The van der Waals surface area contributed by atoms with Crippen molar-refractivity contribution in [2.45, 2.75) is 10.6 Å². The number of thioether (sulfide) groups is 1. The largest absolute Gasteiger partial charge is 0.444 e. The van der Waals surface area contributed by atoms with Crippen molar-refractivity contribution in [2.75, 3.05) is 5.73 Å². The maximum atomic E-state index is 13.7. The van der Waals surface area contributed by atoms with E-state index >= 15 is 0 Å². The van der Waals surface area contributed by atoms with Crippen LogP contribution in [0.5, 0.6) is 0 Å². The van der Waals surface area contributed by atoms with Crippen molar-refractivity contribution in [1.82, 2.24) is 4.98 Å². The minimum absolute atomic E-state index is 0.313. The molecule has 0 aliphatic rings. The molecule has 2 N–H and O–H groups in total. The van der Waals surface area contributed by atoms with Crippen LogP contribution in [0.3, 0.4) is 0 Å². The molecule has 0 aliphatic carbocycles. The Labute approximate surface area is 126 Å². The van der Waals surface area contributed by atoms with Crippen LogP contribution in [0.15, 0.2) is 64.1 Å². The van der Waals surface area contributed by atoms with Crippen LogP contribution < -0.4 is 5.73 Å². The van der Waals surface area contributed by atoms with E-state index in [4.69, 9.17) is 10.2 Å². The number of hydrogen-bond donors (Lipinski definition) is 1. The third-order valence-corrected chi connectivity index (χ3v) is 3.99. The summed E-state index contributed by atoms with van der Waals surface area (Å²) < 4.78 is 19.1. The monoisotopic (exact) mass is 300 g/mol. The minimum atomic E-state index is -0.313. The Kier molecular flexibility index (Phi) is 3.92. The molecular weight excluding hydrogens is 287 g/mol. The topological polar surface area (TPSA) is 52.0 Å². The predicted molar refractivity (Wildman–Crippen MR) is 82.3 cm³/mol. The molecule has 106 valence electrons. The summed E-state index contributed by atoms with van der Waals surface area (Å²) in [5.74, 6) is 0.799. The lowest BCUT2D eigenvalue weighted by atomic mass is 10.2. The average molecular weight is 300 g/mol. The van der Waals surface area contributed by atoms with Gasteiger partial charge in [0, 0.05) is 21.9 Å². The van der Waals surface area contributed by atoms with Gasteiger partial charge >= 0.3 is 0 Å². The third kappa shape index (κ3) is 3.25. The molecule has 3 aromatic rings. The zero-order chi connectivity index (χ0) is 14.7. The number of nitrogens with zero attached hydrogens (tertiary/aromatic N) is 1. The molecule has 0 spiro atoms. The van der Waals surface area contributed by atoms with Gasteiger partial charge in [0.05, 0.1) is 5.69 Å². The van der Waals surface area contributed by atoms with E-state index < -0.39 is 0 Å². The molecule has 1 aromatic heterocycles. The Morgan fingerprint density at radius 3 is 2.71 bits per heavy atom. The van der Waals surface area contributed by atoms with E-state index in [0.717, 1.165) is 11.3 Å². The standard InChI is InChI=1S/C16H13FN2OS/c17-14-8-12(18)6-7-15(14)21-10-13-9-20-16(19-13)11-4-2-1-3-5-11/h1-9H,10,18H2. The molecule has 1 heterocycles. The Bertz CT molecular complexity index is 743. The number of aromatic nitrogens is 1. The maximum Gasteiger partial charge on any atom is 0.226 e. The van der Waals surface area contributed by atoms with Gasteiger partial charge in [-0.25, -0.2) is 9.37 Å². The van der Waals surface area contributed by atoms with Crippen molar-refractivity contribution < 1.29 is 8.81 Å². The van der Waals surface area contributed by atoms with E-state index in [1.54, 1.807) is 18.4 Å². The van der Waals surface area contributed by atoms with Crippen molar-refractivity contribution in [1.29, 1.82) is 0 Å². The fourth-order valence-electron chi connectivity index (χ4n) is 1.87. The predicted octanol–water partition coefficient (Wildman–Crippen LogP) is 4.36. The first-order valence-electron chi connectivity index (χ1n) is 6.40. The van der Waals surface area contributed by atoms with Crippen molar-refractivity contribution in [3.63, 3.8) is 0 Å². The molecule has 21 heavy (non-hydrogen) atoms. The van der Waals surface area contributed by atoms with Crippen LogP contribution in [0, 0.1) is 5.82 Å². The van der Waals surface area contributed by atoms with Gasteiger partial charge in [0.1, 0.15) is 12.1 Å². The quantitative estimate of drug-likeness (QED) is 0.574. The van der Waals surface area contributed by atoms with Crippen molar-refractivity contribution in [3.8, 4) is 11.5 Å². The highest BCUT2D eigenvalue weighted by Crippen LogP contribution is 2.27. The molecule has 0 saturated heterocycles. The van der Waals surface area contributed by atoms with Gasteiger partial charge < -0.3 is 10.2 Å². The van der Waals surface area contributed by atoms with Crippen LogP contribution in [0.1, 0.15) is 5.69 Å². The molecule has 0 unspecified atom stereocenters. The fourth-order valence-corrected chi connectivity index (χ4v) is 2.67. The second kappa shape index (κ2) is 6.01. The number of hydrogen-bond acceptors (Lipinski definition) is 4. The van der Waals surface area contributed by atoms with E-state index in [-0.39, 0.29) is 5.82 Å². The SMILES string of the molecule is Nc1ccc(SCc2coc(-c3ccccc3)n2)c(F)c1. The summed E-state index contributed by atoms with van der Waals surface area (Å²) >= 11 is 1.36. The molecule has 0 radical (unpaired) electrons. The lowest BCUT2D eigenvalue weighted by Crippen LogP contribution is -1.89. The lowest BCUT2D eigenvalue weighted by Gasteiger charge is -2.02. The fraction of sp³-hybridized carbons (Fsp3) is 0.0625.